The molecule has 0 aliphatic carbocycles. The van der Waals surface area contributed by atoms with Crippen LogP contribution in [0.15, 0.2) is 0 Å². The molecule has 0 rings (SSSR count). The highest BCUT2D eigenvalue weighted by Gasteiger charge is 2.25. The number of quaternary nitrogens is 3. The number of rotatable bonds is 3. The third-order valence-electron chi connectivity index (χ3n) is 1.73. The van der Waals surface area contributed by atoms with Crippen LogP contribution in [0.4, 0.5) is 0 Å². The molecule has 0 saturated heterocycles. The molecule has 10 heavy (non-hydrogen) atoms. The molecule has 0 aromatic carbocycles. The Labute approximate surface area is 64.2 Å². The quantitative estimate of drug-likeness (QED) is 0.335. The summed E-state index contributed by atoms with van der Waals surface area (Å²) in [6, 6.07) is 0. The first kappa shape index (κ1) is 9.88. The fourth-order valence-corrected chi connectivity index (χ4v) is 1.73. The predicted molar refractivity (Wildman–Crippen MR) is 42.2 cm³/mol. The van der Waals surface area contributed by atoms with Gasteiger partial charge >= 0.3 is 6.29 Å². The highest BCUT2D eigenvalue weighted by Crippen LogP contribution is 1.33. The van der Waals surface area contributed by atoms with E-state index in [1.54, 1.807) is 0 Å². The SMILES string of the molecule is C[NH+](C)C([NH+](C)C)[NH+](C)C. The molecule has 0 saturated carbocycles. The number of hydrogen-bond donors (Lipinski definition) is 3. The van der Waals surface area contributed by atoms with Crippen molar-refractivity contribution in [2.45, 2.75) is 6.29 Å². The van der Waals surface area contributed by atoms with E-state index in [1.165, 1.54) is 14.7 Å². The monoisotopic (exact) mass is 148 g/mol. The lowest BCUT2D eigenvalue weighted by Gasteiger charge is -2.25. The number of nitrogens with one attached hydrogen (secondary N) is 3. The molecule has 3 N–H and O–H groups in total. The van der Waals surface area contributed by atoms with Gasteiger partial charge < -0.3 is 0 Å². The molecule has 3 heteroatoms. The molecule has 0 aliphatic heterocycles. The van der Waals surface area contributed by atoms with E-state index < -0.39 is 0 Å². The Morgan fingerprint density at radius 2 is 0.800 bits per heavy atom. The van der Waals surface area contributed by atoms with Gasteiger partial charge in [-0.3, -0.25) is 0 Å². The van der Waals surface area contributed by atoms with Gasteiger partial charge in [0.1, 0.15) is 0 Å². The molecule has 0 unspecified atom stereocenters. The molecule has 0 aromatic heterocycles. The molecule has 0 aliphatic rings. The first-order valence-electron chi connectivity index (χ1n) is 3.87. The van der Waals surface area contributed by atoms with Crippen LogP contribution in [0, 0.1) is 0 Å². The van der Waals surface area contributed by atoms with Gasteiger partial charge in [-0.2, -0.15) is 0 Å². The fourth-order valence-electron chi connectivity index (χ4n) is 1.73. The zero-order chi connectivity index (χ0) is 8.31. The lowest BCUT2D eigenvalue weighted by molar-refractivity contribution is -1.25. The Morgan fingerprint density at radius 1 is 0.600 bits per heavy atom. The maximum atomic E-state index is 2.20. The van der Waals surface area contributed by atoms with Gasteiger partial charge in [0.2, 0.25) is 0 Å². The summed E-state index contributed by atoms with van der Waals surface area (Å²) in [5.41, 5.74) is 0. The van der Waals surface area contributed by atoms with Crippen LogP contribution in [0.25, 0.3) is 0 Å². The van der Waals surface area contributed by atoms with Crippen LogP contribution < -0.4 is 14.7 Å². The van der Waals surface area contributed by atoms with Crippen LogP contribution >= 0.6 is 0 Å². The van der Waals surface area contributed by atoms with E-state index in [9.17, 15) is 0 Å². The second-order valence-corrected chi connectivity index (χ2v) is 3.67. The minimum atomic E-state index is 0.639. The van der Waals surface area contributed by atoms with E-state index in [1.807, 2.05) is 0 Å². The maximum absolute atomic E-state index is 2.20. The second kappa shape index (κ2) is 3.91. The number of hydrogen-bond acceptors (Lipinski definition) is 0. The minimum Gasteiger partial charge on any atom is -0.240 e. The highest BCUT2D eigenvalue weighted by atomic mass is 15.5. The third kappa shape index (κ3) is 2.64. The summed E-state index contributed by atoms with van der Waals surface area (Å²) in [5.74, 6) is 0. The molecule has 0 bridgehead atoms. The van der Waals surface area contributed by atoms with Crippen LogP contribution in [0.3, 0.4) is 0 Å². The van der Waals surface area contributed by atoms with E-state index in [-0.39, 0.29) is 0 Å². The van der Waals surface area contributed by atoms with Gasteiger partial charge in [0.05, 0.1) is 42.3 Å². The van der Waals surface area contributed by atoms with Crippen molar-refractivity contribution in [1.82, 2.24) is 0 Å². The van der Waals surface area contributed by atoms with Crippen LogP contribution in [0.2, 0.25) is 0 Å². The molecular weight excluding hydrogens is 126 g/mol. The molecule has 3 nitrogen and oxygen atoms in total. The van der Waals surface area contributed by atoms with Crippen LogP contribution in [0.1, 0.15) is 0 Å². The average Bonchev–Trinajstić information content (AvgIpc) is 1.59. The Balaban J connectivity index is 3.98. The van der Waals surface area contributed by atoms with Gasteiger partial charge in [-0.1, -0.05) is 0 Å². The van der Waals surface area contributed by atoms with Crippen LogP contribution in [-0.2, 0) is 0 Å². The minimum absolute atomic E-state index is 0.639. The zero-order valence-electron chi connectivity index (χ0n) is 8.08. The smallest absolute Gasteiger partial charge is 0.240 e. The lowest BCUT2D eigenvalue weighted by Crippen LogP contribution is -3.48. The largest absolute Gasteiger partial charge is 0.337 e. The predicted octanol–water partition coefficient (Wildman–Crippen LogP) is -4.30. The first-order valence-corrected chi connectivity index (χ1v) is 3.87. The Hall–Kier alpha value is -0.120. The van der Waals surface area contributed by atoms with Crippen molar-refractivity contribution in [1.29, 1.82) is 0 Å². The Morgan fingerprint density at radius 3 is 0.800 bits per heavy atom. The molecular formula is C7H22N3+3. The normalized spacial score (nSPS) is 12.6. The second-order valence-electron chi connectivity index (χ2n) is 3.67. The molecule has 0 radical (unpaired) electrons. The average molecular weight is 148 g/mol. The van der Waals surface area contributed by atoms with Crippen molar-refractivity contribution in [2.75, 3.05) is 42.3 Å². The van der Waals surface area contributed by atoms with Crippen molar-refractivity contribution in [2.24, 2.45) is 0 Å². The summed E-state index contributed by atoms with van der Waals surface area (Å²) < 4.78 is 0. The Bertz CT molecular complexity index is 69.8. The van der Waals surface area contributed by atoms with Crippen molar-refractivity contribution >= 4 is 0 Å². The van der Waals surface area contributed by atoms with Gasteiger partial charge in [-0.25, -0.2) is 14.7 Å². The molecule has 0 fully saturated rings. The van der Waals surface area contributed by atoms with Gasteiger partial charge in [0.25, 0.3) is 0 Å². The maximum Gasteiger partial charge on any atom is 0.337 e. The molecule has 0 amide bonds. The van der Waals surface area contributed by atoms with E-state index >= 15 is 0 Å². The lowest BCUT2D eigenvalue weighted by atomic mass is 10.6. The van der Waals surface area contributed by atoms with Gasteiger partial charge in [-0.05, 0) is 0 Å². The molecule has 0 atom stereocenters. The summed E-state index contributed by atoms with van der Waals surface area (Å²) in [5, 5.41) is 0. The van der Waals surface area contributed by atoms with E-state index in [0.717, 1.165) is 0 Å². The van der Waals surface area contributed by atoms with Crippen molar-refractivity contribution < 1.29 is 14.7 Å². The molecule has 62 valence electrons. The topological polar surface area (TPSA) is 13.3 Å². The first-order chi connectivity index (χ1) is 4.46. The van der Waals surface area contributed by atoms with E-state index in [4.69, 9.17) is 0 Å². The molecule has 0 heterocycles. The van der Waals surface area contributed by atoms with Gasteiger partial charge in [0.15, 0.2) is 0 Å². The van der Waals surface area contributed by atoms with E-state index in [2.05, 4.69) is 42.3 Å². The van der Waals surface area contributed by atoms with Crippen LogP contribution in [0.5, 0.6) is 0 Å². The van der Waals surface area contributed by atoms with Gasteiger partial charge in [-0.15, -0.1) is 0 Å². The summed E-state index contributed by atoms with van der Waals surface area (Å²) >= 11 is 0. The van der Waals surface area contributed by atoms with Crippen molar-refractivity contribution in [3.8, 4) is 0 Å². The third-order valence-corrected chi connectivity index (χ3v) is 1.73. The standard InChI is InChI=1S/C7H19N3/c1-8(2)7(9(3)4)10(5)6/h7H,1-6H3/p+3. The summed E-state index contributed by atoms with van der Waals surface area (Å²) in [6.07, 6.45) is 0.639. The highest BCUT2D eigenvalue weighted by molar-refractivity contribution is 4.00. The summed E-state index contributed by atoms with van der Waals surface area (Å²) in [4.78, 5) is 4.50. The molecule has 0 aromatic rings. The van der Waals surface area contributed by atoms with Gasteiger partial charge in [0, 0.05) is 0 Å². The summed E-state index contributed by atoms with van der Waals surface area (Å²) in [7, 11) is 13.2. The fraction of sp³-hybridized carbons (Fsp3) is 1.00. The molecule has 0 spiro atoms. The van der Waals surface area contributed by atoms with Crippen molar-refractivity contribution in [3.05, 3.63) is 0 Å². The summed E-state index contributed by atoms with van der Waals surface area (Å²) in [6.45, 7) is 0. The van der Waals surface area contributed by atoms with Crippen LogP contribution in [-0.4, -0.2) is 48.6 Å². The van der Waals surface area contributed by atoms with Crippen molar-refractivity contribution in [3.63, 3.8) is 0 Å². The Kier molecular flexibility index (Phi) is 3.86. The zero-order valence-corrected chi connectivity index (χ0v) is 8.08. The van der Waals surface area contributed by atoms with E-state index in [0.29, 0.717) is 6.29 Å².